The number of hydrogen-bond donors (Lipinski definition) is 2. The maximum absolute atomic E-state index is 8.74. The van der Waals surface area contributed by atoms with Crippen LogP contribution in [-0.4, -0.2) is 29.2 Å². The Morgan fingerprint density at radius 3 is 1.92 bits per heavy atom. The number of allylic oxidation sites excluding steroid dienone is 2. The van der Waals surface area contributed by atoms with Gasteiger partial charge in [-0.2, -0.15) is 8.42 Å². The highest BCUT2D eigenvalue weighted by atomic mass is 32.3. The molecule has 140 valence electrons. The minimum absolute atomic E-state index is 0.120. The Labute approximate surface area is 146 Å². The number of fused-ring (bicyclic) bond motifs is 1. The van der Waals surface area contributed by atoms with Gasteiger partial charge in [0.15, 0.2) is 0 Å². The largest absolute Gasteiger partial charge is 0.394 e. The van der Waals surface area contributed by atoms with Crippen molar-refractivity contribution in [3.8, 4) is 0 Å². The molecule has 2 atom stereocenters. The Hall–Kier alpha value is -0.690. The van der Waals surface area contributed by atoms with Gasteiger partial charge in [-0.25, -0.2) is 0 Å². The minimum atomic E-state index is -4.67. The molecule has 2 rings (SSSR count). The molecule has 0 saturated carbocycles. The highest BCUT2D eigenvalue weighted by Crippen LogP contribution is 2.45. The van der Waals surface area contributed by atoms with Crippen molar-refractivity contribution in [3.63, 3.8) is 0 Å². The van der Waals surface area contributed by atoms with Crippen molar-refractivity contribution in [1.82, 2.24) is 0 Å². The van der Waals surface area contributed by atoms with E-state index in [1.54, 1.807) is 0 Å². The quantitative estimate of drug-likeness (QED) is 0.310. The van der Waals surface area contributed by atoms with Crippen LogP contribution in [-0.2, 0) is 15.1 Å². The van der Waals surface area contributed by atoms with Crippen LogP contribution in [0.1, 0.15) is 77.6 Å². The van der Waals surface area contributed by atoms with E-state index in [-0.39, 0.29) is 5.60 Å². The number of rotatable bonds is 11. The second-order valence-corrected chi connectivity index (χ2v) is 7.51. The molecule has 6 heteroatoms. The Morgan fingerprint density at radius 2 is 1.42 bits per heavy atom. The van der Waals surface area contributed by atoms with Gasteiger partial charge in [0.05, 0.1) is 0 Å². The second-order valence-electron chi connectivity index (χ2n) is 6.62. The third-order valence-corrected chi connectivity index (χ3v) is 4.47. The van der Waals surface area contributed by atoms with E-state index in [1.165, 1.54) is 70.6 Å². The van der Waals surface area contributed by atoms with E-state index in [0.29, 0.717) is 6.10 Å². The molecule has 1 fully saturated rings. The van der Waals surface area contributed by atoms with E-state index < -0.39 is 10.4 Å². The lowest BCUT2D eigenvalue weighted by molar-refractivity contribution is 0.321. The van der Waals surface area contributed by atoms with Crippen LogP contribution in [0.25, 0.3) is 0 Å². The average molecular weight is 361 g/mol. The Bertz CT molecular complexity index is 490. The van der Waals surface area contributed by atoms with Gasteiger partial charge in [0.1, 0.15) is 11.7 Å². The molecule has 2 N–H and O–H groups in total. The lowest BCUT2D eigenvalue weighted by Crippen LogP contribution is -2.12. The fraction of sp³-hybridized carbons (Fsp3) is 0.778. The van der Waals surface area contributed by atoms with Crippen molar-refractivity contribution >= 4 is 10.4 Å². The molecule has 0 amide bonds. The first-order chi connectivity index (χ1) is 11.4. The molecule has 1 aliphatic carbocycles. The molecule has 24 heavy (non-hydrogen) atoms. The maximum Gasteiger partial charge on any atom is 0.394 e. The molecule has 1 heterocycles. The van der Waals surface area contributed by atoms with Crippen LogP contribution in [0.5, 0.6) is 0 Å². The number of hydrogen-bond acceptors (Lipinski definition) is 3. The zero-order chi connectivity index (χ0) is 17.9. The molecule has 0 aromatic rings. The lowest BCUT2D eigenvalue weighted by atomic mass is 9.94. The molecule has 0 radical (unpaired) electrons. The molecule has 1 aliphatic heterocycles. The van der Waals surface area contributed by atoms with E-state index in [1.807, 2.05) is 0 Å². The van der Waals surface area contributed by atoms with Crippen LogP contribution in [0.2, 0.25) is 0 Å². The van der Waals surface area contributed by atoms with Gasteiger partial charge < -0.3 is 4.74 Å². The number of epoxide rings is 1. The zero-order valence-electron chi connectivity index (χ0n) is 14.7. The third-order valence-electron chi connectivity index (χ3n) is 4.47. The molecule has 1 saturated heterocycles. The first-order valence-electron chi connectivity index (χ1n) is 9.11. The molecule has 0 aromatic heterocycles. The summed E-state index contributed by atoms with van der Waals surface area (Å²) in [6, 6.07) is 0. The van der Waals surface area contributed by atoms with Gasteiger partial charge in [0.2, 0.25) is 0 Å². The molecule has 5 nitrogen and oxygen atoms in total. The van der Waals surface area contributed by atoms with E-state index in [9.17, 15) is 0 Å². The van der Waals surface area contributed by atoms with Crippen LogP contribution in [0.4, 0.5) is 0 Å². The van der Waals surface area contributed by atoms with E-state index in [4.69, 9.17) is 22.3 Å². The molecular formula is C18H32O5S. The summed E-state index contributed by atoms with van der Waals surface area (Å²) in [6.07, 6.45) is 24.4. The van der Waals surface area contributed by atoms with E-state index in [2.05, 4.69) is 31.2 Å². The third kappa shape index (κ3) is 10.2. The van der Waals surface area contributed by atoms with Gasteiger partial charge >= 0.3 is 10.4 Å². The first-order valence-corrected chi connectivity index (χ1v) is 10.5. The molecular weight excluding hydrogens is 328 g/mol. The SMILES string of the molecule is CCCCCCCCCCCCC12C=CC=CC1O2.O=S(=O)(O)O. The minimum Gasteiger partial charge on any atom is -0.357 e. The molecule has 0 spiro atoms. The van der Waals surface area contributed by atoms with Gasteiger partial charge in [-0.1, -0.05) is 89.4 Å². The summed E-state index contributed by atoms with van der Waals surface area (Å²) >= 11 is 0. The Morgan fingerprint density at radius 1 is 0.917 bits per heavy atom. The molecule has 0 bridgehead atoms. The van der Waals surface area contributed by atoms with Crippen molar-refractivity contribution in [1.29, 1.82) is 0 Å². The Balaban J connectivity index is 0.000000505. The summed E-state index contributed by atoms with van der Waals surface area (Å²) in [5, 5.41) is 0. The smallest absolute Gasteiger partial charge is 0.357 e. The van der Waals surface area contributed by atoms with Gasteiger partial charge in [-0.3, -0.25) is 9.11 Å². The van der Waals surface area contributed by atoms with Gasteiger partial charge in [0.25, 0.3) is 0 Å². The van der Waals surface area contributed by atoms with E-state index >= 15 is 0 Å². The van der Waals surface area contributed by atoms with Crippen LogP contribution < -0.4 is 0 Å². The van der Waals surface area contributed by atoms with Crippen molar-refractivity contribution < 1.29 is 22.3 Å². The second kappa shape index (κ2) is 11.0. The first kappa shape index (κ1) is 21.4. The average Bonchev–Trinajstić information content (AvgIpc) is 3.22. The summed E-state index contributed by atoms with van der Waals surface area (Å²) in [7, 11) is -4.67. The topological polar surface area (TPSA) is 87.1 Å². The fourth-order valence-corrected chi connectivity index (χ4v) is 3.10. The zero-order valence-corrected chi connectivity index (χ0v) is 15.5. The molecule has 2 aliphatic rings. The monoisotopic (exact) mass is 360 g/mol. The van der Waals surface area contributed by atoms with Crippen molar-refractivity contribution in [3.05, 3.63) is 24.3 Å². The van der Waals surface area contributed by atoms with Crippen LogP contribution in [0.3, 0.4) is 0 Å². The summed E-state index contributed by atoms with van der Waals surface area (Å²) < 4.78 is 37.4. The highest BCUT2D eigenvalue weighted by molar-refractivity contribution is 7.79. The summed E-state index contributed by atoms with van der Waals surface area (Å²) in [5.74, 6) is 0. The van der Waals surface area contributed by atoms with Crippen molar-refractivity contribution in [2.24, 2.45) is 0 Å². The Kier molecular flexibility index (Phi) is 9.81. The van der Waals surface area contributed by atoms with Crippen molar-refractivity contribution in [2.75, 3.05) is 0 Å². The fourth-order valence-electron chi connectivity index (χ4n) is 3.10. The standard InChI is InChI=1S/C18H30O.H2O4S/c1-2-3-4-5-6-7-8-9-10-12-15-18-16-13-11-14-17(18)19-18;1-5(2,3)4/h11,13-14,16-17H,2-10,12,15H2,1H3;(H2,1,2,3,4). The summed E-state index contributed by atoms with van der Waals surface area (Å²) in [4.78, 5) is 0. The number of unbranched alkanes of at least 4 members (excludes halogenated alkanes) is 9. The van der Waals surface area contributed by atoms with Crippen LogP contribution >= 0.6 is 0 Å². The normalized spacial score (nSPS) is 24.2. The predicted octanol–water partition coefficient (Wildman–Crippen LogP) is 4.91. The number of ether oxygens (including phenoxy) is 1. The summed E-state index contributed by atoms with van der Waals surface area (Å²) in [5.41, 5.74) is 0.120. The predicted molar refractivity (Wildman–Crippen MR) is 96.5 cm³/mol. The lowest BCUT2D eigenvalue weighted by Gasteiger charge is -2.08. The molecule has 0 aromatic carbocycles. The summed E-state index contributed by atoms with van der Waals surface area (Å²) in [6.45, 7) is 2.28. The van der Waals surface area contributed by atoms with Crippen molar-refractivity contribution in [2.45, 2.75) is 89.3 Å². The van der Waals surface area contributed by atoms with Gasteiger partial charge in [-0.05, 0) is 12.5 Å². The van der Waals surface area contributed by atoms with Crippen LogP contribution in [0, 0.1) is 0 Å². The van der Waals surface area contributed by atoms with Gasteiger partial charge in [-0.15, -0.1) is 0 Å². The molecule has 2 unspecified atom stereocenters. The highest BCUT2D eigenvalue weighted by Gasteiger charge is 2.52. The van der Waals surface area contributed by atoms with Gasteiger partial charge in [0, 0.05) is 0 Å². The van der Waals surface area contributed by atoms with Crippen LogP contribution in [0.15, 0.2) is 24.3 Å². The van der Waals surface area contributed by atoms with E-state index in [0.717, 1.165) is 0 Å². The maximum atomic E-state index is 8.74.